The van der Waals surface area contributed by atoms with Crippen LogP contribution in [0.1, 0.15) is 34.7 Å². The second kappa shape index (κ2) is 6.30. The Morgan fingerprint density at radius 3 is 2.63 bits per heavy atom. The molecule has 0 aromatic heterocycles. The van der Waals surface area contributed by atoms with Gasteiger partial charge < -0.3 is 10.1 Å². The molecule has 1 heterocycles. The van der Waals surface area contributed by atoms with Crippen LogP contribution in [-0.2, 0) is 15.5 Å². The molecule has 1 atom stereocenters. The molecular formula is C14H19NO3S. The molecule has 1 aromatic rings. The van der Waals surface area contributed by atoms with Crippen molar-refractivity contribution in [3.8, 4) is 0 Å². The Hall–Kier alpha value is -1.20. The van der Waals surface area contributed by atoms with Crippen molar-refractivity contribution in [2.45, 2.75) is 23.7 Å². The lowest BCUT2D eigenvalue weighted by Crippen LogP contribution is -2.27. The number of esters is 1. The van der Waals surface area contributed by atoms with Gasteiger partial charge in [-0.25, -0.2) is 4.79 Å². The molecule has 0 aliphatic carbocycles. The van der Waals surface area contributed by atoms with Crippen molar-refractivity contribution in [1.82, 2.24) is 5.32 Å². The highest BCUT2D eigenvalue weighted by Crippen LogP contribution is 2.30. The lowest BCUT2D eigenvalue weighted by molar-refractivity contribution is 0.0600. The van der Waals surface area contributed by atoms with Gasteiger partial charge in [0.15, 0.2) is 0 Å². The predicted octanol–water partition coefficient (Wildman–Crippen LogP) is 1.68. The Labute approximate surface area is 116 Å². The van der Waals surface area contributed by atoms with Crippen molar-refractivity contribution < 1.29 is 13.7 Å². The fraction of sp³-hybridized carbons (Fsp3) is 0.500. The summed E-state index contributed by atoms with van der Waals surface area (Å²) in [5.41, 5.74) is 1.57. The molecule has 0 unspecified atom stereocenters. The van der Waals surface area contributed by atoms with Crippen LogP contribution in [0.15, 0.2) is 23.1 Å². The molecule has 2 rings (SSSR count). The normalized spacial score (nSPS) is 18.0. The van der Waals surface area contributed by atoms with Gasteiger partial charge in [0, 0.05) is 11.2 Å². The van der Waals surface area contributed by atoms with E-state index >= 15 is 0 Å². The quantitative estimate of drug-likeness (QED) is 0.856. The van der Waals surface area contributed by atoms with Crippen LogP contribution in [0.3, 0.4) is 0 Å². The molecule has 19 heavy (non-hydrogen) atoms. The van der Waals surface area contributed by atoms with Gasteiger partial charge in [0.05, 0.1) is 23.5 Å². The molecule has 0 bridgehead atoms. The van der Waals surface area contributed by atoms with E-state index in [1.54, 1.807) is 18.4 Å². The van der Waals surface area contributed by atoms with E-state index in [4.69, 9.17) is 4.74 Å². The number of hydrogen-bond acceptors (Lipinski definition) is 4. The van der Waals surface area contributed by atoms with E-state index in [1.165, 1.54) is 7.11 Å². The third-order valence-corrected chi connectivity index (χ3v) is 4.50. The molecule has 4 nitrogen and oxygen atoms in total. The highest BCUT2D eigenvalue weighted by molar-refractivity contribution is 7.84. The zero-order chi connectivity index (χ0) is 13.8. The van der Waals surface area contributed by atoms with E-state index in [9.17, 15) is 9.00 Å². The van der Waals surface area contributed by atoms with Crippen LogP contribution in [-0.4, -0.2) is 36.6 Å². The summed E-state index contributed by atoms with van der Waals surface area (Å²) in [7, 11) is 0.254. The van der Waals surface area contributed by atoms with Gasteiger partial charge >= 0.3 is 5.97 Å². The van der Waals surface area contributed by atoms with Crippen molar-refractivity contribution >= 4 is 16.8 Å². The number of ether oxygens (including phenoxy) is 1. The van der Waals surface area contributed by atoms with E-state index in [1.807, 2.05) is 6.07 Å². The summed E-state index contributed by atoms with van der Waals surface area (Å²) in [5, 5.41) is 3.32. The maximum atomic E-state index is 11.9. The van der Waals surface area contributed by atoms with Gasteiger partial charge in [0.2, 0.25) is 0 Å². The molecule has 1 saturated heterocycles. The largest absolute Gasteiger partial charge is 0.465 e. The fourth-order valence-corrected chi connectivity index (χ4v) is 3.36. The average molecular weight is 281 g/mol. The summed E-state index contributed by atoms with van der Waals surface area (Å²) >= 11 is 0. The average Bonchev–Trinajstić information content (AvgIpc) is 2.46. The Bertz CT molecular complexity index is 495. The summed E-state index contributed by atoms with van der Waals surface area (Å²) in [6, 6.07) is 5.40. The van der Waals surface area contributed by atoms with Gasteiger partial charge in [0.25, 0.3) is 0 Å². The highest BCUT2D eigenvalue weighted by atomic mass is 32.2. The lowest BCUT2D eigenvalue weighted by atomic mass is 9.89. The van der Waals surface area contributed by atoms with Crippen molar-refractivity contribution in [1.29, 1.82) is 0 Å². The van der Waals surface area contributed by atoms with Gasteiger partial charge in [-0.3, -0.25) is 4.21 Å². The summed E-state index contributed by atoms with van der Waals surface area (Å²) in [6.07, 6.45) is 3.74. The van der Waals surface area contributed by atoms with Crippen LogP contribution in [0.5, 0.6) is 0 Å². The number of carbonyl (C=O) groups is 1. The molecule has 1 N–H and O–H groups in total. The molecule has 0 saturated carbocycles. The summed E-state index contributed by atoms with van der Waals surface area (Å²) in [5.74, 6) is 0.0374. The molecule has 1 fully saturated rings. The molecule has 0 amide bonds. The Balaban J connectivity index is 2.37. The fourth-order valence-electron chi connectivity index (χ4n) is 2.50. The molecule has 1 aliphatic rings. The number of hydrogen-bond donors (Lipinski definition) is 1. The number of piperidine rings is 1. The van der Waals surface area contributed by atoms with Crippen molar-refractivity contribution in [3.05, 3.63) is 29.3 Å². The van der Waals surface area contributed by atoms with E-state index in [0.717, 1.165) is 36.4 Å². The van der Waals surface area contributed by atoms with Crippen LogP contribution in [0.2, 0.25) is 0 Å². The van der Waals surface area contributed by atoms with E-state index < -0.39 is 10.8 Å². The first-order chi connectivity index (χ1) is 9.13. The second-order valence-corrected chi connectivity index (χ2v) is 6.07. The standard InChI is InChI=1S/C14H19NO3S/c1-18-14(16)11-3-4-12(13(9-11)19(2)17)10-5-7-15-8-6-10/h3-4,9-10,15H,5-8H2,1-2H3/t19-/m1/s1. The molecule has 0 radical (unpaired) electrons. The monoisotopic (exact) mass is 281 g/mol. The first-order valence-electron chi connectivity index (χ1n) is 6.40. The topological polar surface area (TPSA) is 55.4 Å². The van der Waals surface area contributed by atoms with Crippen LogP contribution >= 0.6 is 0 Å². The Morgan fingerprint density at radius 2 is 2.05 bits per heavy atom. The minimum atomic E-state index is -1.10. The number of nitrogens with one attached hydrogen (secondary N) is 1. The highest BCUT2D eigenvalue weighted by Gasteiger charge is 2.21. The number of methoxy groups -OCH3 is 1. The maximum Gasteiger partial charge on any atom is 0.337 e. The predicted molar refractivity (Wildman–Crippen MR) is 75.0 cm³/mol. The molecule has 104 valence electrons. The van der Waals surface area contributed by atoms with Crippen LogP contribution in [0.4, 0.5) is 0 Å². The molecule has 0 spiro atoms. The zero-order valence-electron chi connectivity index (χ0n) is 11.3. The number of rotatable bonds is 3. The SMILES string of the molecule is COC(=O)c1ccc(C2CCNCC2)c([S@@](C)=O)c1. The van der Waals surface area contributed by atoms with Crippen molar-refractivity contribution in [2.75, 3.05) is 26.5 Å². The third kappa shape index (κ3) is 3.22. The van der Waals surface area contributed by atoms with Gasteiger partial charge in [-0.2, -0.15) is 0 Å². The molecule has 1 aliphatic heterocycles. The molecule has 1 aromatic carbocycles. The maximum absolute atomic E-state index is 11.9. The van der Waals surface area contributed by atoms with Crippen LogP contribution in [0, 0.1) is 0 Å². The van der Waals surface area contributed by atoms with Crippen molar-refractivity contribution in [2.24, 2.45) is 0 Å². The molecule has 5 heteroatoms. The summed E-state index contributed by atoms with van der Waals surface area (Å²) in [4.78, 5) is 12.3. The van der Waals surface area contributed by atoms with E-state index in [2.05, 4.69) is 5.32 Å². The smallest absolute Gasteiger partial charge is 0.337 e. The van der Waals surface area contributed by atoms with Gasteiger partial charge in [0.1, 0.15) is 0 Å². The van der Waals surface area contributed by atoms with E-state index in [-0.39, 0.29) is 5.97 Å². The second-order valence-electron chi connectivity index (χ2n) is 4.72. The van der Waals surface area contributed by atoms with Crippen LogP contribution in [0.25, 0.3) is 0 Å². The van der Waals surface area contributed by atoms with Crippen molar-refractivity contribution in [3.63, 3.8) is 0 Å². The molecular weight excluding hydrogens is 262 g/mol. The third-order valence-electron chi connectivity index (χ3n) is 3.52. The van der Waals surface area contributed by atoms with Gasteiger partial charge in [-0.1, -0.05) is 6.07 Å². The van der Waals surface area contributed by atoms with Crippen LogP contribution < -0.4 is 5.32 Å². The number of carbonyl (C=O) groups excluding carboxylic acids is 1. The Kier molecular flexibility index (Phi) is 4.71. The first-order valence-corrected chi connectivity index (χ1v) is 7.95. The lowest BCUT2D eigenvalue weighted by Gasteiger charge is -2.24. The minimum Gasteiger partial charge on any atom is -0.465 e. The summed E-state index contributed by atoms with van der Waals surface area (Å²) < 4.78 is 16.6. The minimum absolute atomic E-state index is 0.386. The first kappa shape index (κ1) is 14.2. The Morgan fingerprint density at radius 1 is 1.37 bits per heavy atom. The summed E-state index contributed by atoms with van der Waals surface area (Å²) in [6.45, 7) is 1.97. The zero-order valence-corrected chi connectivity index (χ0v) is 12.1. The van der Waals surface area contributed by atoms with E-state index in [0.29, 0.717) is 11.5 Å². The van der Waals surface area contributed by atoms with Gasteiger partial charge in [-0.05, 0) is 49.5 Å². The number of benzene rings is 1. The van der Waals surface area contributed by atoms with Gasteiger partial charge in [-0.15, -0.1) is 0 Å².